The van der Waals surface area contributed by atoms with Crippen molar-refractivity contribution in [2.45, 2.75) is 31.8 Å². The topological polar surface area (TPSA) is 114 Å². The Labute approximate surface area is 139 Å². The van der Waals surface area contributed by atoms with Crippen LogP contribution in [0.15, 0.2) is 18.2 Å². The van der Waals surface area contributed by atoms with E-state index in [2.05, 4.69) is 10.6 Å². The number of hydrogen-bond acceptors (Lipinski definition) is 5. The summed E-state index contributed by atoms with van der Waals surface area (Å²) >= 11 is 0. The van der Waals surface area contributed by atoms with Crippen molar-refractivity contribution in [3.63, 3.8) is 0 Å². The van der Waals surface area contributed by atoms with Gasteiger partial charge in [0.25, 0.3) is 5.91 Å². The van der Waals surface area contributed by atoms with Gasteiger partial charge in [-0.2, -0.15) is 0 Å². The molecule has 2 fully saturated rings. The van der Waals surface area contributed by atoms with Crippen LogP contribution in [-0.2, 0) is 14.3 Å². The lowest BCUT2D eigenvalue weighted by Crippen LogP contribution is -2.32. The Morgan fingerprint density at radius 1 is 1.12 bits per heavy atom. The zero-order chi connectivity index (χ0) is 17.1. The molecule has 8 nitrogen and oxygen atoms in total. The molecule has 1 aromatic carbocycles. The zero-order valence-corrected chi connectivity index (χ0v) is 13.2. The minimum Gasteiger partial charge on any atom is -0.452 e. The molecule has 1 aromatic rings. The first-order chi connectivity index (χ1) is 11.5. The molecule has 24 heavy (non-hydrogen) atoms. The molecule has 8 heteroatoms. The van der Waals surface area contributed by atoms with Crippen LogP contribution in [0.2, 0.25) is 0 Å². The Hall–Kier alpha value is -2.77. The van der Waals surface area contributed by atoms with Crippen LogP contribution in [0.4, 0.5) is 21.9 Å². The van der Waals surface area contributed by atoms with Crippen LogP contribution in [0.1, 0.15) is 25.7 Å². The second-order valence-electron chi connectivity index (χ2n) is 5.97. The van der Waals surface area contributed by atoms with Crippen molar-refractivity contribution in [3.05, 3.63) is 18.2 Å². The van der Waals surface area contributed by atoms with E-state index in [-0.39, 0.29) is 18.4 Å². The summed E-state index contributed by atoms with van der Waals surface area (Å²) in [6, 6.07) is 4.65. The summed E-state index contributed by atoms with van der Waals surface area (Å²) in [7, 11) is 0. The smallest absolute Gasteiger partial charge is 0.321 e. The Morgan fingerprint density at radius 2 is 1.79 bits per heavy atom. The van der Waals surface area contributed by atoms with Crippen LogP contribution in [0, 0.1) is 0 Å². The number of nitrogens with two attached hydrogens (primary N) is 1. The van der Waals surface area contributed by atoms with Crippen LogP contribution in [0.5, 0.6) is 0 Å². The molecule has 1 atom stereocenters. The third kappa shape index (κ3) is 3.76. The van der Waals surface area contributed by atoms with E-state index in [4.69, 9.17) is 10.5 Å². The van der Waals surface area contributed by atoms with Crippen LogP contribution < -0.4 is 16.4 Å². The van der Waals surface area contributed by atoms with E-state index in [9.17, 15) is 14.4 Å². The van der Waals surface area contributed by atoms with Gasteiger partial charge in [-0.15, -0.1) is 0 Å². The summed E-state index contributed by atoms with van der Waals surface area (Å²) in [6.45, 7) is 1.48. The van der Waals surface area contributed by atoms with Gasteiger partial charge in [0.15, 0.2) is 6.10 Å². The van der Waals surface area contributed by atoms with E-state index in [1.165, 1.54) is 0 Å². The van der Waals surface area contributed by atoms with E-state index in [0.29, 0.717) is 23.5 Å². The molecule has 0 aliphatic carbocycles. The highest BCUT2D eigenvalue weighted by molar-refractivity contribution is 5.98. The monoisotopic (exact) mass is 332 g/mol. The molecule has 3 amide bonds. The number of esters is 1. The quantitative estimate of drug-likeness (QED) is 0.574. The van der Waals surface area contributed by atoms with Crippen LogP contribution in [0.25, 0.3) is 0 Å². The predicted molar refractivity (Wildman–Crippen MR) is 88.4 cm³/mol. The van der Waals surface area contributed by atoms with E-state index in [1.54, 1.807) is 23.1 Å². The lowest BCUT2D eigenvalue weighted by atomic mass is 10.2. The average molecular weight is 332 g/mol. The summed E-state index contributed by atoms with van der Waals surface area (Å²) in [5, 5.41) is 5.45. The first-order valence-corrected chi connectivity index (χ1v) is 7.98. The van der Waals surface area contributed by atoms with E-state index in [0.717, 1.165) is 25.9 Å². The maximum absolute atomic E-state index is 12.1. The second-order valence-corrected chi connectivity index (χ2v) is 5.97. The number of anilines is 3. The number of likely N-dealkylation sites (tertiary alicyclic amines) is 1. The minimum atomic E-state index is -0.776. The van der Waals surface area contributed by atoms with Gasteiger partial charge < -0.3 is 26.0 Å². The average Bonchev–Trinajstić information content (AvgIpc) is 3.17. The van der Waals surface area contributed by atoms with Crippen LogP contribution in [0.3, 0.4) is 0 Å². The van der Waals surface area contributed by atoms with Crippen LogP contribution >= 0.6 is 0 Å². The van der Waals surface area contributed by atoms with Crippen LogP contribution in [-0.4, -0.2) is 42.0 Å². The maximum Gasteiger partial charge on any atom is 0.321 e. The molecule has 0 radical (unpaired) electrons. The summed E-state index contributed by atoms with van der Waals surface area (Å²) in [6.07, 6.45) is 1.84. The Morgan fingerprint density at radius 3 is 2.42 bits per heavy atom. The lowest BCUT2D eigenvalue weighted by Gasteiger charge is -2.17. The number of ether oxygens (including phenoxy) is 1. The van der Waals surface area contributed by atoms with E-state index in [1.807, 2.05) is 0 Å². The highest BCUT2D eigenvalue weighted by atomic mass is 16.6. The fourth-order valence-corrected chi connectivity index (χ4v) is 2.85. The number of amides is 3. The number of urea groups is 1. The van der Waals surface area contributed by atoms with Gasteiger partial charge >= 0.3 is 12.0 Å². The largest absolute Gasteiger partial charge is 0.452 e. The summed E-state index contributed by atoms with van der Waals surface area (Å²) < 4.78 is 4.93. The molecule has 4 N–H and O–H groups in total. The number of nitrogen functional groups attached to an aromatic ring is 1. The predicted octanol–water partition coefficient (Wildman–Crippen LogP) is 1.54. The van der Waals surface area contributed by atoms with Crippen molar-refractivity contribution < 1.29 is 19.1 Å². The van der Waals surface area contributed by atoms with Gasteiger partial charge in [-0.3, -0.25) is 9.59 Å². The van der Waals surface area contributed by atoms with Gasteiger partial charge in [0.05, 0.1) is 0 Å². The number of hydrogen-bond donors (Lipinski definition) is 3. The Kier molecular flexibility index (Phi) is 4.54. The lowest BCUT2D eigenvalue weighted by molar-refractivity contribution is -0.146. The summed E-state index contributed by atoms with van der Waals surface area (Å²) in [4.78, 5) is 37.1. The molecule has 0 bridgehead atoms. The minimum absolute atomic E-state index is 0.180. The Balaban J connectivity index is 1.65. The highest BCUT2D eigenvalue weighted by Gasteiger charge is 2.29. The molecule has 0 spiro atoms. The first-order valence-electron chi connectivity index (χ1n) is 7.98. The fourth-order valence-electron chi connectivity index (χ4n) is 2.85. The first kappa shape index (κ1) is 16.1. The second kappa shape index (κ2) is 6.77. The third-order valence-electron chi connectivity index (χ3n) is 4.04. The standard InChI is InChI=1S/C16H20N4O4/c17-10-7-11(18-15(22)13-3-4-14(21)24-13)9-12(8-10)19-16(23)20-5-1-2-6-20/h7-9,13H,1-6,17H2,(H,18,22)(H,19,23)/t13-/m0/s1. The molecular formula is C16H20N4O4. The molecule has 0 saturated carbocycles. The zero-order valence-electron chi connectivity index (χ0n) is 13.2. The molecule has 3 rings (SSSR count). The number of rotatable bonds is 3. The van der Waals surface area contributed by atoms with Crippen molar-refractivity contribution >= 4 is 35.0 Å². The van der Waals surface area contributed by atoms with Crippen molar-refractivity contribution in [1.29, 1.82) is 0 Å². The number of nitrogens with one attached hydrogen (secondary N) is 2. The number of benzene rings is 1. The number of carbonyl (C=O) groups is 3. The van der Waals surface area contributed by atoms with Gasteiger partial charge in [0, 0.05) is 43.0 Å². The summed E-state index contributed by atoms with van der Waals surface area (Å²) in [5.41, 5.74) is 7.20. The molecule has 0 aromatic heterocycles. The molecule has 2 aliphatic rings. The van der Waals surface area contributed by atoms with Gasteiger partial charge in [0.1, 0.15) is 0 Å². The molecule has 2 heterocycles. The molecular weight excluding hydrogens is 312 g/mol. The van der Waals surface area contributed by atoms with Crippen molar-refractivity contribution in [3.8, 4) is 0 Å². The number of cyclic esters (lactones) is 1. The van der Waals surface area contributed by atoms with Crippen molar-refractivity contribution in [2.75, 3.05) is 29.5 Å². The normalized spacial score (nSPS) is 19.9. The number of carbonyl (C=O) groups excluding carboxylic acids is 3. The SMILES string of the molecule is Nc1cc(NC(=O)[C@@H]2CCC(=O)O2)cc(NC(=O)N2CCCC2)c1. The summed E-state index contributed by atoms with van der Waals surface area (Å²) in [5.74, 6) is -0.774. The third-order valence-corrected chi connectivity index (χ3v) is 4.04. The molecule has 0 unspecified atom stereocenters. The molecule has 128 valence electrons. The Bertz CT molecular complexity index is 670. The van der Waals surface area contributed by atoms with Gasteiger partial charge in [-0.1, -0.05) is 0 Å². The molecule has 2 aliphatic heterocycles. The highest BCUT2D eigenvalue weighted by Crippen LogP contribution is 2.23. The number of nitrogens with zero attached hydrogens (tertiary/aromatic N) is 1. The fraction of sp³-hybridized carbons (Fsp3) is 0.438. The van der Waals surface area contributed by atoms with Gasteiger partial charge in [-0.25, -0.2) is 4.79 Å². The molecule has 2 saturated heterocycles. The van der Waals surface area contributed by atoms with Gasteiger partial charge in [0.2, 0.25) is 0 Å². The van der Waals surface area contributed by atoms with Crippen molar-refractivity contribution in [2.24, 2.45) is 0 Å². The van der Waals surface area contributed by atoms with E-state index >= 15 is 0 Å². The van der Waals surface area contributed by atoms with Gasteiger partial charge in [-0.05, 0) is 31.0 Å². The van der Waals surface area contributed by atoms with Crippen molar-refractivity contribution in [1.82, 2.24) is 4.90 Å². The van der Waals surface area contributed by atoms with E-state index < -0.39 is 12.0 Å². The maximum atomic E-state index is 12.1.